The Kier molecular flexibility index (Phi) is 6.02. The molecule has 2 fully saturated rings. The van der Waals surface area contributed by atoms with E-state index in [2.05, 4.69) is 0 Å². The van der Waals surface area contributed by atoms with Gasteiger partial charge in [-0.15, -0.1) is 0 Å². The Balaban J connectivity index is 1.87. The van der Waals surface area contributed by atoms with Gasteiger partial charge in [0.1, 0.15) is 11.3 Å². The van der Waals surface area contributed by atoms with Crippen molar-refractivity contribution in [1.29, 1.82) is 0 Å². The van der Waals surface area contributed by atoms with E-state index in [4.69, 9.17) is 11.6 Å². The highest BCUT2D eigenvalue weighted by atomic mass is 35.5. The number of anilines is 2. The molecule has 2 saturated heterocycles. The van der Waals surface area contributed by atoms with Gasteiger partial charge in [-0.2, -0.15) is 0 Å². The van der Waals surface area contributed by atoms with Crippen molar-refractivity contribution in [2.75, 3.05) is 23.0 Å². The minimum atomic E-state index is -2.39. The molecule has 2 N–H and O–H groups in total. The average Bonchev–Trinajstić information content (AvgIpc) is 3.27. The predicted molar refractivity (Wildman–Crippen MR) is 136 cm³/mol. The van der Waals surface area contributed by atoms with Crippen LogP contribution in [-0.2, 0) is 14.4 Å². The number of carbonyl (C=O) groups is 4. The Morgan fingerprint density at radius 2 is 1.38 bits per heavy atom. The molecule has 2 heterocycles. The second-order valence-corrected chi connectivity index (χ2v) is 8.78. The van der Waals surface area contributed by atoms with Crippen LogP contribution in [0.1, 0.15) is 5.56 Å². The third-order valence-electron chi connectivity index (χ3n) is 6.32. The molecule has 2 aliphatic rings. The number of Topliss-reactive ketones (excluding diaryl/α,β-unsaturated/α-hetero) is 1. The van der Waals surface area contributed by atoms with E-state index in [1.54, 1.807) is 48.5 Å². The molecular formula is C27H20ClN3O6. The number of imide groups is 1. The Morgan fingerprint density at radius 3 is 1.95 bits per heavy atom. The van der Waals surface area contributed by atoms with E-state index >= 15 is 0 Å². The van der Waals surface area contributed by atoms with Gasteiger partial charge < -0.3 is 10.2 Å². The van der Waals surface area contributed by atoms with Gasteiger partial charge in [-0.1, -0.05) is 48.0 Å². The van der Waals surface area contributed by atoms with Crippen LogP contribution in [-0.4, -0.2) is 57.6 Å². The first kappa shape index (κ1) is 24.2. The normalized spacial score (nSPS) is 21.0. The molecule has 186 valence electrons. The van der Waals surface area contributed by atoms with E-state index < -0.39 is 53.8 Å². The monoisotopic (exact) mass is 517 g/mol. The van der Waals surface area contributed by atoms with E-state index in [0.717, 1.165) is 14.7 Å². The maximum absolute atomic E-state index is 14.4. The summed E-state index contributed by atoms with van der Waals surface area (Å²) in [6, 6.07) is 21.0. The topological polar surface area (TPSA) is 118 Å². The number of rotatable bonds is 5. The number of hydrogen-bond donors (Lipinski definition) is 2. The molecule has 0 saturated carbocycles. The summed E-state index contributed by atoms with van der Waals surface area (Å²) in [6.07, 6.45) is 0. The van der Waals surface area contributed by atoms with E-state index in [1.807, 2.05) is 0 Å². The SMILES string of the molecule is O=C1C(=O)N(CCO)C2(C(=O)N(c3ccccc3)C(=O)N2c2ccccc2)/C1=C(\O)c1ccc(Cl)cc1. The lowest BCUT2D eigenvalue weighted by atomic mass is 9.93. The molecule has 2 aliphatic heterocycles. The minimum Gasteiger partial charge on any atom is -0.507 e. The number of amides is 4. The fourth-order valence-corrected chi connectivity index (χ4v) is 4.89. The summed E-state index contributed by atoms with van der Waals surface area (Å²) in [5, 5.41) is 21.6. The smallest absolute Gasteiger partial charge is 0.338 e. The van der Waals surface area contributed by atoms with Crippen LogP contribution in [0, 0.1) is 0 Å². The number of para-hydroxylation sites is 2. The third kappa shape index (κ3) is 3.51. The molecule has 1 atom stereocenters. The number of urea groups is 1. The lowest BCUT2D eigenvalue weighted by molar-refractivity contribution is -0.143. The number of likely N-dealkylation sites (tertiary alicyclic amines) is 1. The number of aliphatic hydroxyl groups excluding tert-OH is 2. The first-order chi connectivity index (χ1) is 17.8. The fourth-order valence-electron chi connectivity index (χ4n) is 4.77. The highest BCUT2D eigenvalue weighted by molar-refractivity contribution is 6.52. The van der Waals surface area contributed by atoms with Crippen LogP contribution in [0.5, 0.6) is 0 Å². The standard InChI is InChI=1S/C27H20ClN3O6/c28-18-13-11-17(12-14-18)22(33)21-23(34)24(35)29(15-16-32)27(21)25(36)30(19-7-3-1-4-8-19)26(37)31(27)20-9-5-2-6-10-20/h1-14,32-33H,15-16H2/b22-21-. The predicted octanol–water partition coefficient (Wildman–Crippen LogP) is 3.38. The molecule has 4 amide bonds. The number of nitrogens with zero attached hydrogens (tertiary/aromatic N) is 3. The summed E-state index contributed by atoms with van der Waals surface area (Å²) in [4.78, 5) is 57.9. The Bertz CT molecular complexity index is 1440. The average molecular weight is 518 g/mol. The zero-order valence-electron chi connectivity index (χ0n) is 19.2. The van der Waals surface area contributed by atoms with Crippen LogP contribution in [0.4, 0.5) is 16.2 Å². The fraction of sp³-hybridized carbons (Fsp3) is 0.111. The van der Waals surface area contributed by atoms with Gasteiger partial charge in [0.15, 0.2) is 0 Å². The Labute approximate surface area is 216 Å². The van der Waals surface area contributed by atoms with Gasteiger partial charge in [-0.05, 0) is 48.5 Å². The third-order valence-corrected chi connectivity index (χ3v) is 6.57. The molecule has 3 aromatic rings. The Morgan fingerprint density at radius 1 is 0.811 bits per heavy atom. The number of halogens is 1. The zero-order chi connectivity index (χ0) is 26.3. The molecule has 0 aromatic heterocycles. The molecule has 3 aromatic carbocycles. The largest absolute Gasteiger partial charge is 0.507 e. The molecule has 0 bridgehead atoms. The van der Waals surface area contributed by atoms with Crippen molar-refractivity contribution in [1.82, 2.24) is 4.90 Å². The lowest BCUT2D eigenvalue weighted by Crippen LogP contribution is -2.62. The number of β-amino-alcohol motifs (C(OH)–C–C–N with tert-alkyl or cyclic N) is 1. The second kappa shape index (κ2) is 9.20. The molecule has 1 spiro atoms. The van der Waals surface area contributed by atoms with Crippen molar-refractivity contribution in [2.24, 2.45) is 0 Å². The van der Waals surface area contributed by atoms with Crippen LogP contribution in [0.2, 0.25) is 5.02 Å². The molecule has 5 rings (SSSR count). The summed E-state index contributed by atoms with van der Waals surface area (Å²) >= 11 is 5.98. The Hall–Kier alpha value is -4.47. The maximum Gasteiger partial charge on any atom is 0.338 e. The van der Waals surface area contributed by atoms with Crippen LogP contribution in [0.3, 0.4) is 0 Å². The molecule has 37 heavy (non-hydrogen) atoms. The molecule has 9 nitrogen and oxygen atoms in total. The van der Waals surface area contributed by atoms with Crippen molar-refractivity contribution >= 4 is 52.4 Å². The minimum absolute atomic E-state index is 0.109. The highest BCUT2D eigenvalue weighted by Gasteiger charge is 2.72. The first-order valence-corrected chi connectivity index (χ1v) is 11.7. The maximum atomic E-state index is 14.4. The molecule has 10 heteroatoms. The quantitative estimate of drug-likeness (QED) is 0.232. The van der Waals surface area contributed by atoms with Crippen LogP contribution in [0.15, 0.2) is 90.5 Å². The van der Waals surface area contributed by atoms with Crippen LogP contribution < -0.4 is 9.80 Å². The summed E-state index contributed by atoms with van der Waals surface area (Å²) < 4.78 is 0. The van der Waals surface area contributed by atoms with Gasteiger partial charge in [0.25, 0.3) is 17.6 Å². The van der Waals surface area contributed by atoms with Gasteiger partial charge in [0, 0.05) is 22.8 Å². The van der Waals surface area contributed by atoms with E-state index in [1.165, 1.54) is 36.4 Å². The lowest BCUT2D eigenvalue weighted by Gasteiger charge is -2.38. The molecular weight excluding hydrogens is 498 g/mol. The summed E-state index contributed by atoms with van der Waals surface area (Å²) in [5.41, 5.74) is -2.47. The van der Waals surface area contributed by atoms with Gasteiger partial charge in [-0.3, -0.25) is 24.2 Å². The first-order valence-electron chi connectivity index (χ1n) is 11.3. The number of ketones is 1. The van der Waals surface area contributed by atoms with Crippen molar-refractivity contribution in [3.05, 3.63) is 101 Å². The van der Waals surface area contributed by atoms with Crippen LogP contribution >= 0.6 is 11.6 Å². The summed E-state index contributed by atoms with van der Waals surface area (Å²) in [5.74, 6) is -3.91. The van der Waals surface area contributed by atoms with Gasteiger partial charge in [0.05, 0.1) is 12.3 Å². The molecule has 1 unspecified atom stereocenters. The van der Waals surface area contributed by atoms with E-state index in [9.17, 15) is 29.4 Å². The molecule has 0 aliphatic carbocycles. The zero-order valence-corrected chi connectivity index (χ0v) is 20.0. The van der Waals surface area contributed by atoms with Gasteiger partial charge >= 0.3 is 6.03 Å². The summed E-state index contributed by atoms with van der Waals surface area (Å²) in [6.45, 7) is -1.06. The van der Waals surface area contributed by atoms with E-state index in [-0.39, 0.29) is 16.9 Å². The summed E-state index contributed by atoms with van der Waals surface area (Å²) in [7, 11) is 0. The number of benzene rings is 3. The number of carbonyl (C=O) groups excluding carboxylic acids is 4. The van der Waals surface area contributed by atoms with Crippen molar-refractivity contribution in [3.8, 4) is 0 Å². The van der Waals surface area contributed by atoms with Gasteiger partial charge in [0.2, 0.25) is 5.66 Å². The van der Waals surface area contributed by atoms with Crippen molar-refractivity contribution < 1.29 is 29.4 Å². The van der Waals surface area contributed by atoms with Crippen molar-refractivity contribution in [3.63, 3.8) is 0 Å². The molecule has 0 radical (unpaired) electrons. The van der Waals surface area contributed by atoms with Crippen molar-refractivity contribution in [2.45, 2.75) is 5.66 Å². The van der Waals surface area contributed by atoms with E-state index in [0.29, 0.717) is 5.02 Å². The number of hydrogen-bond acceptors (Lipinski definition) is 6. The second-order valence-electron chi connectivity index (χ2n) is 8.34. The number of aliphatic hydroxyl groups is 2. The highest BCUT2D eigenvalue weighted by Crippen LogP contribution is 2.48. The van der Waals surface area contributed by atoms with Gasteiger partial charge in [-0.25, -0.2) is 9.69 Å². The van der Waals surface area contributed by atoms with Crippen LogP contribution in [0.25, 0.3) is 5.76 Å².